The quantitative estimate of drug-likeness (QED) is 0.778. The van der Waals surface area contributed by atoms with Gasteiger partial charge in [0.15, 0.2) is 0 Å². The summed E-state index contributed by atoms with van der Waals surface area (Å²) < 4.78 is 0.535. The van der Waals surface area contributed by atoms with Crippen LogP contribution in [0.3, 0.4) is 0 Å². The van der Waals surface area contributed by atoms with Crippen molar-refractivity contribution in [2.24, 2.45) is 0 Å². The standard InChI is InChI=1S/C12H24N2S/c1-11(2)9-14(7-6-13-11)10-12(3)5-4-8-15-12/h13H,4-10H2,1-3H3. The molecule has 2 rings (SSSR count). The van der Waals surface area contributed by atoms with Crippen molar-refractivity contribution in [3.05, 3.63) is 0 Å². The van der Waals surface area contributed by atoms with Gasteiger partial charge in [0.05, 0.1) is 0 Å². The van der Waals surface area contributed by atoms with Crippen LogP contribution in [0.4, 0.5) is 0 Å². The van der Waals surface area contributed by atoms with Crippen LogP contribution in [-0.2, 0) is 0 Å². The Bertz CT molecular complexity index is 222. The molecule has 0 saturated carbocycles. The zero-order valence-electron chi connectivity index (χ0n) is 10.3. The Morgan fingerprint density at radius 1 is 1.33 bits per heavy atom. The topological polar surface area (TPSA) is 15.3 Å². The molecule has 0 spiro atoms. The van der Waals surface area contributed by atoms with E-state index >= 15 is 0 Å². The molecular weight excluding hydrogens is 204 g/mol. The van der Waals surface area contributed by atoms with Gasteiger partial charge in [-0.3, -0.25) is 4.90 Å². The predicted octanol–water partition coefficient (Wildman–Crippen LogP) is 1.96. The molecule has 1 atom stereocenters. The van der Waals surface area contributed by atoms with Crippen molar-refractivity contribution in [1.82, 2.24) is 10.2 Å². The van der Waals surface area contributed by atoms with Gasteiger partial charge >= 0.3 is 0 Å². The molecule has 1 N–H and O–H groups in total. The maximum atomic E-state index is 3.58. The number of thioether (sulfide) groups is 1. The lowest BCUT2D eigenvalue weighted by atomic mass is 9.99. The SMILES string of the molecule is CC1(C)CN(CC2(C)CCCS2)CCN1. The van der Waals surface area contributed by atoms with Gasteiger partial charge in [-0.25, -0.2) is 0 Å². The molecule has 0 aromatic rings. The van der Waals surface area contributed by atoms with Gasteiger partial charge in [-0.1, -0.05) is 0 Å². The molecule has 2 nitrogen and oxygen atoms in total. The van der Waals surface area contributed by atoms with Crippen LogP contribution in [0.2, 0.25) is 0 Å². The van der Waals surface area contributed by atoms with E-state index in [0.717, 1.165) is 6.54 Å². The molecule has 0 amide bonds. The van der Waals surface area contributed by atoms with Gasteiger partial charge in [0.1, 0.15) is 0 Å². The molecule has 0 aromatic carbocycles. The van der Waals surface area contributed by atoms with E-state index in [2.05, 4.69) is 42.7 Å². The zero-order valence-corrected chi connectivity index (χ0v) is 11.1. The Hall–Kier alpha value is 0.270. The van der Waals surface area contributed by atoms with Crippen LogP contribution in [0.25, 0.3) is 0 Å². The second-order valence-corrected chi connectivity index (χ2v) is 7.61. The first kappa shape index (κ1) is 11.7. The molecular formula is C12H24N2S. The zero-order chi connectivity index (χ0) is 10.9. The van der Waals surface area contributed by atoms with Gasteiger partial charge in [0.25, 0.3) is 0 Å². The second-order valence-electron chi connectivity index (χ2n) is 5.92. The summed E-state index contributed by atoms with van der Waals surface area (Å²) in [7, 11) is 0. The summed E-state index contributed by atoms with van der Waals surface area (Å²) in [4.78, 5) is 2.65. The summed E-state index contributed by atoms with van der Waals surface area (Å²) in [6.07, 6.45) is 2.82. The summed E-state index contributed by atoms with van der Waals surface area (Å²) in [6, 6.07) is 0. The Labute approximate surface area is 98.2 Å². The average Bonchev–Trinajstić information content (AvgIpc) is 2.49. The van der Waals surface area contributed by atoms with Crippen LogP contribution >= 0.6 is 11.8 Å². The van der Waals surface area contributed by atoms with Gasteiger partial charge in [0.2, 0.25) is 0 Å². The van der Waals surface area contributed by atoms with Crippen LogP contribution in [-0.4, -0.2) is 47.1 Å². The molecule has 2 fully saturated rings. The summed E-state index contributed by atoms with van der Waals surface area (Å²) in [5, 5.41) is 3.58. The minimum atomic E-state index is 0.303. The van der Waals surface area contributed by atoms with Crippen molar-refractivity contribution in [2.45, 2.75) is 43.9 Å². The fourth-order valence-corrected chi connectivity index (χ4v) is 4.16. The fourth-order valence-electron chi connectivity index (χ4n) is 2.82. The van der Waals surface area contributed by atoms with Gasteiger partial charge in [-0.15, -0.1) is 0 Å². The van der Waals surface area contributed by atoms with Crippen LogP contribution in [0.5, 0.6) is 0 Å². The molecule has 2 heterocycles. The highest BCUT2D eigenvalue weighted by Gasteiger charge is 2.34. The molecule has 2 aliphatic heterocycles. The minimum absolute atomic E-state index is 0.303. The summed E-state index contributed by atoms with van der Waals surface area (Å²) >= 11 is 2.18. The smallest absolute Gasteiger partial charge is 0.0259 e. The van der Waals surface area contributed by atoms with Crippen molar-refractivity contribution in [3.8, 4) is 0 Å². The van der Waals surface area contributed by atoms with Gasteiger partial charge < -0.3 is 5.32 Å². The summed E-state index contributed by atoms with van der Waals surface area (Å²) in [6.45, 7) is 11.9. The third-order valence-corrected chi connectivity index (χ3v) is 5.03. The normalized spacial score (nSPS) is 37.0. The molecule has 0 bridgehead atoms. The molecule has 2 saturated heterocycles. The molecule has 3 heteroatoms. The van der Waals surface area contributed by atoms with E-state index in [1.165, 1.54) is 38.2 Å². The largest absolute Gasteiger partial charge is 0.309 e. The van der Waals surface area contributed by atoms with Crippen LogP contribution in [0.1, 0.15) is 33.6 Å². The molecule has 0 aliphatic carbocycles. The van der Waals surface area contributed by atoms with Crippen molar-refractivity contribution in [3.63, 3.8) is 0 Å². The van der Waals surface area contributed by atoms with Crippen molar-refractivity contribution < 1.29 is 0 Å². The van der Waals surface area contributed by atoms with E-state index in [4.69, 9.17) is 0 Å². The predicted molar refractivity (Wildman–Crippen MR) is 68.6 cm³/mol. The lowest BCUT2D eigenvalue weighted by Gasteiger charge is -2.42. The molecule has 88 valence electrons. The lowest BCUT2D eigenvalue weighted by molar-refractivity contribution is 0.144. The summed E-state index contributed by atoms with van der Waals surface area (Å²) in [5.74, 6) is 1.37. The van der Waals surface area contributed by atoms with E-state index in [0.29, 0.717) is 10.3 Å². The van der Waals surface area contributed by atoms with Gasteiger partial charge in [0, 0.05) is 36.5 Å². The molecule has 0 aromatic heterocycles. The summed E-state index contributed by atoms with van der Waals surface area (Å²) in [5.41, 5.74) is 0.303. The minimum Gasteiger partial charge on any atom is -0.309 e. The van der Waals surface area contributed by atoms with Gasteiger partial charge in [-0.2, -0.15) is 11.8 Å². The van der Waals surface area contributed by atoms with Crippen molar-refractivity contribution in [2.75, 3.05) is 31.9 Å². The van der Waals surface area contributed by atoms with Crippen molar-refractivity contribution in [1.29, 1.82) is 0 Å². The number of hydrogen-bond acceptors (Lipinski definition) is 3. The number of nitrogens with one attached hydrogen (secondary N) is 1. The van der Waals surface area contributed by atoms with E-state index in [9.17, 15) is 0 Å². The molecule has 2 aliphatic rings. The molecule has 1 unspecified atom stereocenters. The van der Waals surface area contributed by atoms with Crippen LogP contribution in [0, 0.1) is 0 Å². The first-order valence-corrected chi connectivity index (χ1v) is 7.09. The van der Waals surface area contributed by atoms with Crippen LogP contribution in [0.15, 0.2) is 0 Å². The Balaban J connectivity index is 1.88. The third-order valence-electron chi connectivity index (χ3n) is 3.51. The van der Waals surface area contributed by atoms with Crippen LogP contribution < -0.4 is 5.32 Å². The van der Waals surface area contributed by atoms with E-state index in [1.807, 2.05) is 0 Å². The number of rotatable bonds is 2. The highest BCUT2D eigenvalue weighted by atomic mass is 32.2. The molecule has 15 heavy (non-hydrogen) atoms. The van der Waals surface area contributed by atoms with E-state index in [1.54, 1.807) is 0 Å². The first-order chi connectivity index (χ1) is 6.99. The Kier molecular flexibility index (Phi) is 3.34. The number of hydrogen-bond donors (Lipinski definition) is 1. The first-order valence-electron chi connectivity index (χ1n) is 6.11. The van der Waals surface area contributed by atoms with E-state index < -0.39 is 0 Å². The third kappa shape index (κ3) is 3.11. The second kappa shape index (κ2) is 4.27. The number of nitrogens with zero attached hydrogens (tertiary/aromatic N) is 1. The highest BCUT2D eigenvalue weighted by Crippen LogP contribution is 2.38. The monoisotopic (exact) mass is 228 g/mol. The maximum Gasteiger partial charge on any atom is 0.0259 e. The van der Waals surface area contributed by atoms with Gasteiger partial charge in [-0.05, 0) is 39.4 Å². The van der Waals surface area contributed by atoms with E-state index in [-0.39, 0.29) is 0 Å². The lowest BCUT2D eigenvalue weighted by Crippen LogP contribution is -2.58. The number of piperazine rings is 1. The van der Waals surface area contributed by atoms with Crippen molar-refractivity contribution >= 4 is 11.8 Å². The molecule has 0 radical (unpaired) electrons. The average molecular weight is 228 g/mol. The highest BCUT2D eigenvalue weighted by molar-refractivity contribution is 8.00. The Morgan fingerprint density at radius 3 is 2.73 bits per heavy atom. The fraction of sp³-hybridized carbons (Fsp3) is 1.00. The Morgan fingerprint density at radius 2 is 2.13 bits per heavy atom. The maximum absolute atomic E-state index is 3.58.